The van der Waals surface area contributed by atoms with Crippen molar-refractivity contribution < 1.29 is 13.2 Å². The van der Waals surface area contributed by atoms with Crippen molar-refractivity contribution in [3.63, 3.8) is 0 Å². The predicted molar refractivity (Wildman–Crippen MR) is 119 cm³/mol. The second-order valence-electron chi connectivity index (χ2n) is 7.30. The molecule has 0 bridgehead atoms. The first-order valence-electron chi connectivity index (χ1n) is 9.96. The molecule has 1 saturated heterocycles. The van der Waals surface area contributed by atoms with Gasteiger partial charge < -0.3 is 10.3 Å². The van der Waals surface area contributed by atoms with Gasteiger partial charge in [0.05, 0.1) is 21.2 Å². The molecular weight excluding hydrogens is 420 g/mol. The lowest BCUT2D eigenvalue weighted by molar-refractivity contribution is -0.115. The molecule has 1 fully saturated rings. The molecule has 158 valence electrons. The molecular formula is C21H24N4O3S2. The van der Waals surface area contributed by atoms with E-state index in [9.17, 15) is 13.2 Å². The number of hydrogen-bond donors (Lipinski definition) is 2. The Hall–Kier alpha value is -2.36. The third-order valence-electron chi connectivity index (χ3n) is 5.10. The number of piperidine rings is 1. The number of benzene rings is 2. The fourth-order valence-electron chi connectivity index (χ4n) is 3.41. The summed E-state index contributed by atoms with van der Waals surface area (Å²) in [5.41, 5.74) is 2.35. The van der Waals surface area contributed by atoms with Crippen LogP contribution in [0.15, 0.2) is 58.6 Å². The van der Waals surface area contributed by atoms with Crippen LogP contribution in [0.4, 0.5) is 5.69 Å². The van der Waals surface area contributed by atoms with Crippen LogP contribution in [0, 0.1) is 0 Å². The molecule has 0 aliphatic carbocycles. The largest absolute Gasteiger partial charge is 0.333 e. The zero-order chi connectivity index (χ0) is 21.1. The predicted octanol–water partition coefficient (Wildman–Crippen LogP) is 3.86. The summed E-state index contributed by atoms with van der Waals surface area (Å²) in [4.78, 5) is 20.5. The average molecular weight is 445 g/mol. The molecule has 0 radical (unpaired) electrons. The minimum Gasteiger partial charge on any atom is -0.333 e. The fraction of sp³-hybridized carbons (Fsp3) is 0.333. The van der Waals surface area contributed by atoms with Gasteiger partial charge in [0.15, 0.2) is 5.16 Å². The number of nitrogens with one attached hydrogen (secondary N) is 2. The fourth-order valence-corrected chi connectivity index (χ4v) is 5.75. The molecule has 4 rings (SSSR count). The van der Waals surface area contributed by atoms with E-state index in [-0.39, 0.29) is 16.1 Å². The standard InChI is InChI=1S/C21H24N4O3S2/c1-15(29-21-23-18-7-3-4-8-19(18)24-21)20(26)22-16-9-11-17(12-10-16)30(27,28)25-13-5-2-6-14-25/h3-4,7-12,15H,2,5-6,13-14H2,1H3,(H,22,26)(H,23,24)/t15-/m0/s1. The van der Waals surface area contributed by atoms with E-state index < -0.39 is 10.0 Å². The van der Waals surface area contributed by atoms with Crippen LogP contribution >= 0.6 is 11.8 Å². The van der Waals surface area contributed by atoms with E-state index in [1.54, 1.807) is 24.3 Å². The van der Waals surface area contributed by atoms with E-state index in [2.05, 4.69) is 15.3 Å². The number of nitrogens with zero attached hydrogens (tertiary/aromatic N) is 2. The highest BCUT2D eigenvalue weighted by atomic mass is 32.2. The molecule has 1 aliphatic heterocycles. The Labute approximate surface area is 180 Å². The van der Waals surface area contributed by atoms with Crippen LogP contribution in [0.2, 0.25) is 0 Å². The van der Waals surface area contributed by atoms with Crippen molar-refractivity contribution in [1.29, 1.82) is 0 Å². The SMILES string of the molecule is C[C@H](Sc1nc2ccccc2[nH]1)C(=O)Nc1ccc(S(=O)(=O)N2CCCCC2)cc1. The number of thioether (sulfide) groups is 1. The van der Waals surface area contributed by atoms with Crippen LogP contribution in [0.3, 0.4) is 0 Å². The molecule has 1 atom stereocenters. The number of hydrogen-bond acceptors (Lipinski definition) is 5. The van der Waals surface area contributed by atoms with Crippen molar-refractivity contribution >= 4 is 44.4 Å². The van der Waals surface area contributed by atoms with Gasteiger partial charge in [-0.25, -0.2) is 13.4 Å². The lowest BCUT2D eigenvalue weighted by Gasteiger charge is -2.25. The molecule has 1 amide bonds. The maximum Gasteiger partial charge on any atom is 0.243 e. The topological polar surface area (TPSA) is 95.2 Å². The normalized spacial score (nSPS) is 16.4. The van der Waals surface area contributed by atoms with Gasteiger partial charge in [-0.15, -0.1) is 0 Å². The summed E-state index contributed by atoms with van der Waals surface area (Å²) in [6, 6.07) is 14.1. The summed E-state index contributed by atoms with van der Waals surface area (Å²) >= 11 is 1.34. The smallest absolute Gasteiger partial charge is 0.243 e. The zero-order valence-electron chi connectivity index (χ0n) is 16.7. The summed E-state index contributed by atoms with van der Waals surface area (Å²) in [7, 11) is -3.47. The number of rotatable bonds is 6. The van der Waals surface area contributed by atoms with Crippen LogP contribution in [0.25, 0.3) is 11.0 Å². The quantitative estimate of drug-likeness (QED) is 0.563. The second-order valence-corrected chi connectivity index (χ2v) is 10.6. The second kappa shape index (κ2) is 8.79. The zero-order valence-corrected chi connectivity index (χ0v) is 18.3. The first-order chi connectivity index (χ1) is 14.4. The molecule has 3 aromatic rings. The maximum atomic E-state index is 12.7. The van der Waals surface area contributed by atoms with Crippen molar-refractivity contribution in [2.45, 2.75) is 41.5 Å². The number of aromatic nitrogens is 2. The van der Waals surface area contributed by atoms with E-state index in [0.29, 0.717) is 23.9 Å². The highest BCUT2D eigenvalue weighted by Gasteiger charge is 2.26. The first-order valence-corrected chi connectivity index (χ1v) is 12.3. The van der Waals surface area contributed by atoms with Gasteiger partial charge >= 0.3 is 0 Å². The third kappa shape index (κ3) is 4.53. The van der Waals surface area contributed by atoms with Gasteiger partial charge in [0, 0.05) is 18.8 Å². The van der Waals surface area contributed by atoms with Crippen LogP contribution in [0.1, 0.15) is 26.2 Å². The number of fused-ring (bicyclic) bond motifs is 1. The molecule has 1 aliphatic rings. The first kappa shape index (κ1) is 20.9. The molecule has 1 aromatic heterocycles. The molecule has 7 nitrogen and oxygen atoms in total. The van der Waals surface area contributed by atoms with Gasteiger partial charge in [-0.3, -0.25) is 4.79 Å². The van der Waals surface area contributed by atoms with E-state index in [4.69, 9.17) is 0 Å². The summed E-state index contributed by atoms with van der Waals surface area (Å²) < 4.78 is 27.0. The van der Waals surface area contributed by atoms with E-state index >= 15 is 0 Å². The number of aromatic amines is 1. The number of imidazole rings is 1. The van der Waals surface area contributed by atoms with Gasteiger partial charge in [0.25, 0.3) is 0 Å². The van der Waals surface area contributed by atoms with Crippen molar-refractivity contribution in [2.75, 3.05) is 18.4 Å². The molecule has 0 spiro atoms. The van der Waals surface area contributed by atoms with Crippen LogP contribution in [-0.4, -0.2) is 46.9 Å². The van der Waals surface area contributed by atoms with Gasteiger partial charge in [-0.1, -0.05) is 30.3 Å². The maximum absolute atomic E-state index is 12.7. The van der Waals surface area contributed by atoms with Gasteiger partial charge in [0.2, 0.25) is 15.9 Å². The number of carbonyl (C=O) groups is 1. The number of anilines is 1. The minimum absolute atomic E-state index is 0.174. The number of H-pyrrole nitrogens is 1. The van der Waals surface area contributed by atoms with Crippen molar-refractivity contribution in [1.82, 2.24) is 14.3 Å². The van der Waals surface area contributed by atoms with Crippen LogP contribution in [0.5, 0.6) is 0 Å². The molecule has 2 aromatic carbocycles. The molecule has 30 heavy (non-hydrogen) atoms. The Bertz CT molecular complexity index is 1100. The number of carbonyl (C=O) groups excluding carboxylic acids is 1. The number of amides is 1. The Morgan fingerprint density at radius 2 is 1.80 bits per heavy atom. The monoisotopic (exact) mass is 444 g/mol. The molecule has 2 heterocycles. The van der Waals surface area contributed by atoms with Crippen molar-refractivity contribution in [3.8, 4) is 0 Å². The van der Waals surface area contributed by atoms with Crippen LogP contribution < -0.4 is 5.32 Å². The third-order valence-corrected chi connectivity index (χ3v) is 8.00. The Morgan fingerprint density at radius 3 is 2.50 bits per heavy atom. The summed E-state index contributed by atoms with van der Waals surface area (Å²) in [6.45, 7) is 2.94. The molecule has 9 heteroatoms. The Kier molecular flexibility index (Phi) is 6.12. The van der Waals surface area contributed by atoms with Crippen LogP contribution in [-0.2, 0) is 14.8 Å². The highest BCUT2D eigenvalue weighted by molar-refractivity contribution is 8.00. The summed E-state index contributed by atoms with van der Waals surface area (Å²) in [5, 5.41) is 3.15. The van der Waals surface area contributed by atoms with Crippen molar-refractivity contribution in [3.05, 3.63) is 48.5 Å². The number of para-hydroxylation sites is 2. The van der Waals surface area contributed by atoms with E-state index in [1.165, 1.54) is 16.1 Å². The summed E-state index contributed by atoms with van der Waals surface area (Å²) in [6.07, 6.45) is 2.86. The Morgan fingerprint density at radius 1 is 1.10 bits per heavy atom. The lowest BCUT2D eigenvalue weighted by atomic mass is 10.2. The van der Waals surface area contributed by atoms with Crippen molar-refractivity contribution in [2.24, 2.45) is 0 Å². The Balaban J connectivity index is 1.39. The summed E-state index contributed by atoms with van der Waals surface area (Å²) in [5.74, 6) is -0.174. The average Bonchev–Trinajstić information content (AvgIpc) is 3.17. The van der Waals surface area contributed by atoms with E-state index in [0.717, 1.165) is 30.3 Å². The van der Waals surface area contributed by atoms with Gasteiger partial charge in [0.1, 0.15) is 0 Å². The highest BCUT2D eigenvalue weighted by Crippen LogP contribution is 2.25. The van der Waals surface area contributed by atoms with Gasteiger partial charge in [-0.05, 0) is 56.2 Å². The molecule has 0 unspecified atom stereocenters. The molecule has 0 saturated carbocycles. The number of sulfonamides is 1. The molecule has 2 N–H and O–H groups in total. The lowest BCUT2D eigenvalue weighted by Crippen LogP contribution is -2.35. The van der Waals surface area contributed by atoms with Gasteiger partial charge in [-0.2, -0.15) is 4.31 Å². The van der Waals surface area contributed by atoms with E-state index in [1.807, 2.05) is 31.2 Å². The minimum atomic E-state index is -3.47.